The van der Waals surface area contributed by atoms with Crippen LogP contribution >= 0.6 is 0 Å². The first kappa shape index (κ1) is 11.9. The predicted octanol–water partition coefficient (Wildman–Crippen LogP) is 1.32. The molecule has 92 valence electrons. The number of aryl methyl sites for hydroxylation is 1. The van der Waals surface area contributed by atoms with Crippen molar-refractivity contribution >= 4 is 15.8 Å². The number of ether oxygens (including phenoxy) is 1. The average molecular weight is 255 g/mol. The third-order valence-corrected chi connectivity index (χ3v) is 2.89. The molecule has 1 aromatic rings. The molecule has 1 aromatic carbocycles. The van der Waals surface area contributed by atoms with Gasteiger partial charge in [-0.05, 0) is 30.5 Å². The van der Waals surface area contributed by atoms with Crippen LogP contribution in [0.2, 0.25) is 0 Å². The van der Waals surface area contributed by atoms with Gasteiger partial charge in [0, 0.05) is 5.56 Å². The fraction of sp³-hybridized carbons (Fsp3) is 0.364. The van der Waals surface area contributed by atoms with Gasteiger partial charge in [0.25, 0.3) is 0 Å². The Balaban J connectivity index is 2.32. The van der Waals surface area contributed by atoms with Crippen LogP contribution in [-0.4, -0.2) is 27.5 Å². The van der Waals surface area contributed by atoms with Crippen molar-refractivity contribution in [3.05, 3.63) is 29.3 Å². The van der Waals surface area contributed by atoms with E-state index in [1.54, 1.807) is 7.11 Å². The summed E-state index contributed by atoms with van der Waals surface area (Å²) >= 11 is 0. The summed E-state index contributed by atoms with van der Waals surface area (Å²) in [5, 5.41) is 3.68. The average Bonchev–Trinajstić information content (AvgIpc) is 2.67. The second kappa shape index (κ2) is 4.37. The highest BCUT2D eigenvalue weighted by Gasteiger charge is 2.19. The summed E-state index contributed by atoms with van der Waals surface area (Å²) in [6.45, 7) is 0. The van der Waals surface area contributed by atoms with Crippen molar-refractivity contribution in [3.63, 3.8) is 0 Å². The highest BCUT2D eigenvalue weighted by atomic mass is 32.2. The quantitative estimate of drug-likeness (QED) is 0.764. The minimum absolute atomic E-state index is 0.643. The molecule has 0 aliphatic heterocycles. The van der Waals surface area contributed by atoms with Crippen LogP contribution in [0.4, 0.5) is 0 Å². The molecule has 0 radical (unpaired) electrons. The van der Waals surface area contributed by atoms with Gasteiger partial charge in [-0.1, -0.05) is 11.2 Å². The minimum Gasteiger partial charge on any atom is -0.497 e. The number of oxime groups is 1. The Labute approximate surface area is 100 Å². The maximum atomic E-state index is 10.9. The number of nitrogens with zero attached hydrogens (tertiary/aromatic N) is 1. The molecule has 2 rings (SSSR count). The molecule has 0 atom stereocenters. The standard InChI is InChI=1S/C11H13NO4S/c1-15-9-5-3-8-4-6-11(10(8)7-9)12-16-17(2,13)14/h3,5,7H,4,6H2,1-2H3/b12-11-. The van der Waals surface area contributed by atoms with Crippen LogP contribution < -0.4 is 4.74 Å². The van der Waals surface area contributed by atoms with Crippen molar-refractivity contribution in [1.82, 2.24) is 0 Å². The van der Waals surface area contributed by atoms with E-state index in [1.807, 2.05) is 18.2 Å². The van der Waals surface area contributed by atoms with Gasteiger partial charge in [-0.2, -0.15) is 8.42 Å². The molecule has 1 aliphatic rings. The molecule has 0 aromatic heterocycles. The van der Waals surface area contributed by atoms with Crippen LogP contribution in [0.1, 0.15) is 17.5 Å². The Kier molecular flexibility index (Phi) is 3.06. The topological polar surface area (TPSA) is 65.0 Å². The maximum absolute atomic E-state index is 10.9. The lowest BCUT2D eigenvalue weighted by molar-refractivity contribution is 0.342. The molecule has 0 N–H and O–H groups in total. The zero-order chi connectivity index (χ0) is 12.5. The number of hydrogen-bond acceptors (Lipinski definition) is 5. The van der Waals surface area contributed by atoms with Gasteiger partial charge in [0.05, 0.1) is 19.1 Å². The fourth-order valence-corrected chi connectivity index (χ4v) is 1.99. The first-order chi connectivity index (χ1) is 7.99. The Morgan fingerprint density at radius 3 is 2.71 bits per heavy atom. The molecule has 0 fully saturated rings. The van der Waals surface area contributed by atoms with E-state index in [2.05, 4.69) is 9.44 Å². The third kappa shape index (κ3) is 2.76. The third-order valence-electron chi connectivity index (χ3n) is 2.54. The van der Waals surface area contributed by atoms with E-state index in [9.17, 15) is 8.42 Å². The largest absolute Gasteiger partial charge is 0.497 e. The van der Waals surface area contributed by atoms with Gasteiger partial charge in [-0.15, -0.1) is 0 Å². The van der Waals surface area contributed by atoms with E-state index in [0.29, 0.717) is 12.1 Å². The van der Waals surface area contributed by atoms with E-state index >= 15 is 0 Å². The molecule has 0 spiro atoms. The molecule has 0 saturated carbocycles. The lowest BCUT2D eigenvalue weighted by atomic mass is 10.1. The molecule has 17 heavy (non-hydrogen) atoms. The number of hydrogen-bond donors (Lipinski definition) is 0. The zero-order valence-corrected chi connectivity index (χ0v) is 10.5. The summed E-state index contributed by atoms with van der Waals surface area (Å²) in [5.41, 5.74) is 2.67. The molecule has 0 unspecified atom stereocenters. The van der Waals surface area contributed by atoms with Crippen LogP contribution in [0.15, 0.2) is 23.4 Å². The van der Waals surface area contributed by atoms with Crippen molar-refractivity contribution in [3.8, 4) is 5.75 Å². The summed E-state index contributed by atoms with van der Waals surface area (Å²) in [7, 11) is -1.96. The SMILES string of the molecule is COc1ccc2c(c1)/C(=N\OS(C)(=O)=O)CC2. The van der Waals surface area contributed by atoms with Gasteiger partial charge in [-0.25, -0.2) is 0 Å². The maximum Gasteiger partial charge on any atom is 0.325 e. The summed E-state index contributed by atoms with van der Waals surface area (Å²) in [5.74, 6) is 0.720. The zero-order valence-electron chi connectivity index (χ0n) is 9.63. The molecule has 0 saturated heterocycles. The van der Waals surface area contributed by atoms with Crippen molar-refractivity contribution in [2.24, 2.45) is 5.16 Å². The summed E-state index contributed by atoms with van der Waals surface area (Å²) in [6.07, 6.45) is 2.49. The Bertz CT molecular complexity index is 563. The van der Waals surface area contributed by atoms with Gasteiger partial charge >= 0.3 is 10.1 Å². The molecule has 6 heteroatoms. The number of fused-ring (bicyclic) bond motifs is 1. The van der Waals surface area contributed by atoms with E-state index in [1.165, 1.54) is 0 Å². The van der Waals surface area contributed by atoms with Gasteiger partial charge < -0.3 is 4.74 Å². The Morgan fingerprint density at radius 2 is 2.06 bits per heavy atom. The Hall–Kier alpha value is -1.56. The summed E-state index contributed by atoms with van der Waals surface area (Å²) < 4.78 is 31.3. The molecule has 0 heterocycles. The van der Waals surface area contributed by atoms with Crippen molar-refractivity contribution in [1.29, 1.82) is 0 Å². The number of rotatable bonds is 3. The first-order valence-corrected chi connectivity index (χ1v) is 6.94. The smallest absolute Gasteiger partial charge is 0.325 e. The van der Waals surface area contributed by atoms with Crippen molar-refractivity contribution < 1.29 is 17.4 Å². The minimum atomic E-state index is -3.55. The molecular weight excluding hydrogens is 242 g/mol. The van der Waals surface area contributed by atoms with Crippen LogP contribution in [0.25, 0.3) is 0 Å². The predicted molar refractivity (Wildman–Crippen MR) is 63.8 cm³/mol. The van der Waals surface area contributed by atoms with Crippen LogP contribution in [0.3, 0.4) is 0 Å². The number of methoxy groups -OCH3 is 1. The summed E-state index contributed by atoms with van der Waals surface area (Å²) in [4.78, 5) is 0. The first-order valence-electron chi connectivity index (χ1n) is 5.12. The van der Waals surface area contributed by atoms with Gasteiger partial charge in [0.15, 0.2) is 0 Å². The van der Waals surface area contributed by atoms with Crippen LogP contribution in [0, 0.1) is 0 Å². The molecule has 5 nitrogen and oxygen atoms in total. The summed E-state index contributed by atoms with van der Waals surface area (Å²) in [6, 6.07) is 5.67. The van der Waals surface area contributed by atoms with E-state index < -0.39 is 10.1 Å². The van der Waals surface area contributed by atoms with Crippen LogP contribution in [-0.2, 0) is 20.8 Å². The second-order valence-corrected chi connectivity index (χ2v) is 5.40. The number of benzene rings is 1. The van der Waals surface area contributed by atoms with Gasteiger partial charge in [0.2, 0.25) is 0 Å². The second-order valence-electron chi connectivity index (χ2n) is 3.84. The van der Waals surface area contributed by atoms with E-state index in [-0.39, 0.29) is 0 Å². The van der Waals surface area contributed by atoms with Crippen molar-refractivity contribution in [2.45, 2.75) is 12.8 Å². The molecule has 1 aliphatic carbocycles. The van der Waals surface area contributed by atoms with Gasteiger partial charge in [-0.3, -0.25) is 4.28 Å². The van der Waals surface area contributed by atoms with E-state index in [4.69, 9.17) is 4.74 Å². The molecule has 0 bridgehead atoms. The highest BCUT2D eigenvalue weighted by molar-refractivity contribution is 7.85. The van der Waals surface area contributed by atoms with Crippen molar-refractivity contribution in [2.75, 3.05) is 13.4 Å². The van der Waals surface area contributed by atoms with Crippen LogP contribution in [0.5, 0.6) is 5.75 Å². The monoisotopic (exact) mass is 255 g/mol. The Morgan fingerprint density at radius 1 is 1.29 bits per heavy atom. The molecular formula is C11H13NO4S. The fourth-order valence-electron chi connectivity index (χ4n) is 1.76. The highest BCUT2D eigenvalue weighted by Crippen LogP contribution is 2.26. The normalized spacial score (nSPS) is 16.9. The molecule has 0 amide bonds. The van der Waals surface area contributed by atoms with Gasteiger partial charge in [0.1, 0.15) is 5.75 Å². The lowest BCUT2D eigenvalue weighted by Crippen LogP contribution is -2.02. The van der Waals surface area contributed by atoms with E-state index in [0.717, 1.165) is 29.6 Å². The lowest BCUT2D eigenvalue weighted by Gasteiger charge is -2.03.